The zero-order valence-electron chi connectivity index (χ0n) is 9.49. The summed E-state index contributed by atoms with van der Waals surface area (Å²) in [4.78, 5) is 2.22. The van der Waals surface area contributed by atoms with Crippen LogP contribution in [0, 0.1) is 0 Å². The SMILES string of the molecule is CNc1snnc1CN(C)CCCOC. The Morgan fingerprint density at radius 3 is 3.00 bits per heavy atom. The molecule has 86 valence electrons. The molecule has 0 aliphatic rings. The van der Waals surface area contributed by atoms with Crippen molar-refractivity contribution in [1.29, 1.82) is 0 Å². The lowest BCUT2D eigenvalue weighted by Crippen LogP contribution is -2.20. The molecule has 0 aliphatic heterocycles. The van der Waals surface area contributed by atoms with Crippen molar-refractivity contribution in [2.75, 3.05) is 39.7 Å². The Labute approximate surface area is 94.6 Å². The predicted octanol–water partition coefficient (Wildman–Crippen LogP) is 1.05. The highest BCUT2D eigenvalue weighted by atomic mass is 32.1. The second-order valence-corrected chi connectivity index (χ2v) is 4.14. The van der Waals surface area contributed by atoms with Crippen molar-refractivity contribution in [3.05, 3.63) is 5.69 Å². The average molecular weight is 230 g/mol. The summed E-state index contributed by atoms with van der Waals surface area (Å²) >= 11 is 1.40. The van der Waals surface area contributed by atoms with Gasteiger partial charge in [0.15, 0.2) is 0 Å². The van der Waals surface area contributed by atoms with Crippen LogP contribution in [0.1, 0.15) is 12.1 Å². The number of hydrogen-bond acceptors (Lipinski definition) is 6. The molecule has 1 rings (SSSR count). The molecule has 5 nitrogen and oxygen atoms in total. The number of nitrogens with one attached hydrogen (secondary N) is 1. The van der Waals surface area contributed by atoms with Gasteiger partial charge in [-0.05, 0) is 13.5 Å². The molecule has 0 saturated carbocycles. The quantitative estimate of drug-likeness (QED) is 0.710. The minimum absolute atomic E-state index is 0.804. The van der Waals surface area contributed by atoms with Crippen molar-refractivity contribution in [3.63, 3.8) is 0 Å². The summed E-state index contributed by atoms with van der Waals surface area (Å²) in [5, 5.41) is 8.23. The van der Waals surface area contributed by atoms with E-state index in [1.165, 1.54) is 11.5 Å². The molecule has 1 N–H and O–H groups in total. The molecule has 0 amide bonds. The first-order valence-electron chi connectivity index (χ1n) is 4.94. The maximum atomic E-state index is 5.01. The van der Waals surface area contributed by atoms with E-state index < -0.39 is 0 Å². The van der Waals surface area contributed by atoms with E-state index in [1.807, 2.05) is 7.05 Å². The van der Waals surface area contributed by atoms with Crippen LogP contribution in [-0.2, 0) is 11.3 Å². The normalized spacial score (nSPS) is 10.9. The lowest BCUT2D eigenvalue weighted by Gasteiger charge is -2.15. The van der Waals surface area contributed by atoms with E-state index in [9.17, 15) is 0 Å². The van der Waals surface area contributed by atoms with Crippen LogP contribution in [0.5, 0.6) is 0 Å². The van der Waals surface area contributed by atoms with Gasteiger partial charge in [0.25, 0.3) is 0 Å². The summed E-state index contributed by atoms with van der Waals surface area (Å²) in [6, 6.07) is 0. The number of hydrogen-bond donors (Lipinski definition) is 1. The molecule has 0 aromatic carbocycles. The van der Waals surface area contributed by atoms with Gasteiger partial charge < -0.3 is 15.0 Å². The standard InChI is InChI=1S/C9H18N4OS/c1-10-9-8(11-12-15-9)7-13(2)5-4-6-14-3/h10H,4-7H2,1-3H3. The van der Waals surface area contributed by atoms with Crippen LogP contribution in [0.3, 0.4) is 0 Å². The van der Waals surface area contributed by atoms with Gasteiger partial charge in [-0.15, -0.1) is 5.10 Å². The van der Waals surface area contributed by atoms with Crippen molar-refractivity contribution < 1.29 is 4.74 Å². The van der Waals surface area contributed by atoms with Crippen LogP contribution >= 0.6 is 11.5 Å². The molecular weight excluding hydrogens is 212 g/mol. The van der Waals surface area contributed by atoms with Crippen LogP contribution in [0.25, 0.3) is 0 Å². The van der Waals surface area contributed by atoms with E-state index in [2.05, 4.69) is 26.9 Å². The molecule has 1 aromatic heterocycles. The Bertz CT molecular complexity index is 279. The Balaban J connectivity index is 2.33. The van der Waals surface area contributed by atoms with Gasteiger partial charge in [-0.1, -0.05) is 4.49 Å². The molecule has 0 bridgehead atoms. The number of anilines is 1. The zero-order valence-corrected chi connectivity index (χ0v) is 10.3. The van der Waals surface area contributed by atoms with E-state index in [1.54, 1.807) is 7.11 Å². The minimum atomic E-state index is 0.804. The molecule has 0 radical (unpaired) electrons. The van der Waals surface area contributed by atoms with Gasteiger partial charge in [0.05, 0.1) is 0 Å². The summed E-state index contributed by atoms with van der Waals surface area (Å²) < 4.78 is 8.93. The molecule has 1 heterocycles. The third kappa shape index (κ3) is 4.11. The first kappa shape index (κ1) is 12.4. The molecule has 15 heavy (non-hydrogen) atoms. The first-order chi connectivity index (χ1) is 7.27. The number of methoxy groups -OCH3 is 1. The van der Waals surface area contributed by atoms with E-state index in [0.29, 0.717) is 0 Å². The van der Waals surface area contributed by atoms with Crippen molar-refractivity contribution >= 4 is 16.5 Å². The molecule has 6 heteroatoms. The average Bonchev–Trinajstić information content (AvgIpc) is 2.65. The number of rotatable bonds is 7. The summed E-state index contributed by atoms with van der Waals surface area (Å²) in [6.07, 6.45) is 1.04. The highest BCUT2D eigenvalue weighted by molar-refractivity contribution is 7.10. The Morgan fingerprint density at radius 2 is 2.33 bits per heavy atom. The molecule has 0 saturated heterocycles. The Morgan fingerprint density at radius 1 is 1.53 bits per heavy atom. The molecule has 0 fully saturated rings. The molecule has 0 aliphatic carbocycles. The molecule has 0 spiro atoms. The van der Waals surface area contributed by atoms with E-state index >= 15 is 0 Å². The summed E-state index contributed by atoms with van der Waals surface area (Å²) in [7, 11) is 5.70. The van der Waals surface area contributed by atoms with Crippen molar-refractivity contribution in [3.8, 4) is 0 Å². The van der Waals surface area contributed by atoms with Gasteiger partial charge in [0.1, 0.15) is 10.7 Å². The van der Waals surface area contributed by atoms with Crippen LogP contribution in [0.4, 0.5) is 5.00 Å². The largest absolute Gasteiger partial charge is 0.385 e. The third-order valence-electron chi connectivity index (χ3n) is 2.09. The van der Waals surface area contributed by atoms with Crippen LogP contribution in [0.2, 0.25) is 0 Å². The van der Waals surface area contributed by atoms with Crippen LogP contribution in [-0.4, -0.2) is 48.8 Å². The summed E-state index contributed by atoms with van der Waals surface area (Å²) in [6.45, 7) is 2.64. The smallest absolute Gasteiger partial charge is 0.134 e. The van der Waals surface area contributed by atoms with E-state index in [-0.39, 0.29) is 0 Å². The van der Waals surface area contributed by atoms with Gasteiger partial charge in [-0.25, -0.2) is 0 Å². The zero-order chi connectivity index (χ0) is 11.1. The second kappa shape index (κ2) is 6.71. The lowest BCUT2D eigenvalue weighted by atomic mass is 10.3. The van der Waals surface area contributed by atoms with Crippen molar-refractivity contribution in [2.24, 2.45) is 0 Å². The fourth-order valence-electron chi connectivity index (χ4n) is 1.32. The van der Waals surface area contributed by atoms with E-state index in [0.717, 1.165) is 36.8 Å². The number of ether oxygens (including phenoxy) is 1. The van der Waals surface area contributed by atoms with Gasteiger partial charge in [0.2, 0.25) is 0 Å². The molecule has 0 unspecified atom stereocenters. The van der Waals surface area contributed by atoms with E-state index in [4.69, 9.17) is 4.74 Å². The highest BCUT2D eigenvalue weighted by Crippen LogP contribution is 2.17. The monoisotopic (exact) mass is 230 g/mol. The minimum Gasteiger partial charge on any atom is -0.385 e. The van der Waals surface area contributed by atoms with Crippen LogP contribution in [0.15, 0.2) is 0 Å². The number of aromatic nitrogens is 2. The first-order valence-corrected chi connectivity index (χ1v) is 5.71. The van der Waals surface area contributed by atoms with Gasteiger partial charge in [-0.3, -0.25) is 0 Å². The summed E-state index contributed by atoms with van der Waals surface area (Å²) in [5.74, 6) is 0. The van der Waals surface area contributed by atoms with Gasteiger partial charge in [0, 0.05) is 45.4 Å². The van der Waals surface area contributed by atoms with Crippen molar-refractivity contribution in [2.45, 2.75) is 13.0 Å². The highest BCUT2D eigenvalue weighted by Gasteiger charge is 2.08. The molecule has 1 aromatic rings. The maximum absolute atomic E-state index is 5.01. The van der Waals surface area contributed by atoms with Crippen LogP contribution < -0.4 is 5.32 Å². The summed E-state index contributed by atoms with van der Waals surface area (Å²) in [5.41, 5.74) is 1.02. The Hall–Kier alpha value is -0.720. The maximum Gasteiger partial charge on any atom is 0.134 e. The molecule has 0 atom stereocenters. The third-order valence-corrected chi connectivity index (χ3v) is 2.88. The fraction of sp³-hybridized carbons (Fsp3) is 0.778. The topological polar surface area (TPSA) is 50.3 Å². The van der Waals surface area contributed by atoms with Gasteiger partial charge in [-0.2, -0.15) is 0 Å². The van der Waals surface area contributed by atoms with Crippen molar-refractivity contribution in [1.82, 2.24) is 14.5 Å². The van der Waals surface area contributed by atoms with Gasteiger partial charge >= 0.3 is 0 Å². The predicted molar refractivity (Wildman–Crippen MR) is 62.3 cm³/mol. The Kier molecular flexibility index (Phi) is 5.52. The lowest BCUT2D eigenvalue weighted by molar-refractivity contribution is 0.178. The fourth-order valence-corrected chi connectivity index (χ4v) is 1.84. The second-order valence-electron chi connectivity index (χ2n) is 3.38. The molecular formula is C9H18N4OS. The number of nitrogens with zero attached hydrogens (tertiary/aromatic N) is 3.